The summed E-state index contributed by atoms with van der Waals surface area (Å²) in [7, 11) is 0. The maximum Gasteiger partial charge on any atom is 0.0704 e. The van der Waals surface area contributed by atoms with Crippen LogP contribution in [0.5, 0.6) is 0 Å². The molecular weight excluding hydrogens is 232 g/mol. The molecule has 1 fully saturated rings. The molecule has 0 aliphatic heterocycles. The van der Waals surface area contributed by atoms with Crippen LogP contribution in [0, 0.1) is 5.92 Å². The lowest BCUT2D eigenvalue weighted by Gasteiger charge is -2.36. The van der Waals surface area contributed by atoms with Gasteiger partial charge in [-0.1, -0.05) is 25.1 Å². The van der Waals surface area contributed by atoms with Crippen molar-refractivity contribution in [1.29, 1.82) is 0 Å². The van der Waals surface area contributed by atoms with Crippen molar-refractivity contribution in [2.45, 2.75) is 44.6 Å². The Bertz CT molecular complexity index is 563. The molecule has 0 unspecified atom stereocenters. The van der Waals surface area contributed by atoms with E-state index < -0.39 is 0 Å². The van der Waals surface area contributed by atoms with Crippen molar-refractivity contribution in [2.24, 2.45) is 11.7 Å². The Morgan fingerprint density at radius 2 is 1.95 bits per heavy atom. The SMILES string of the molecule is CC1CCC(N)(Cc2ccnc3ccccc23)CC1. The standard InChI is InChI=1S/C17H22N2/c1-13-6-9-17(18,10-7-13)12-14-8-11-19-16-5-3-2-4-15(14)16/h2-5,8,11,13H,6-7,9-10,12,18H2,1H3. The highest BCUT2D eigenvalue weighted by Crippen LogP contribution is 2.33. The van der Waals surface area contributed by atoms with Crippen LogP contribution in [-0.2, 0) is 6.42 Å². The normalized spacial score (nSPS) is 27.6. The van der Waals surface area contributed by atoms with Gasteiger partial charge in [0, 0.05) is 17.1 Å². The summed E-state index contributed by atoms with van der Waals surface area (Å²) in [5, 5.41) is 1.26. The van der Waals surface area contributed by atoms with Gasteiger partial charge in [0.25, 0.3) is 0 Å². The number of hydrogen-bond acceptors (Lipinski definition) is 2. The molecule has 0 radical (unpaired) electrons. The summed E-state index contributed by atoms with van der Waals surface area (Å²) in [5.74, 6) is 0.839. The van der Waals surface area contributed by atoms with Gasteiger partial charge in [-0.15, -0.1) is 0 Å². The van der Waals surface area contributed by atoms with E-state index in [1.165, 1.54) is 23.8 Å². The summed E-state index contributed by atoms with van der Waals surface area (Å²) in [6, 6.07) is 10.5. The smallest absolute Gasteiger partial charge is 0.0704 e. The molecule has 0 amide bonds. The van der Waals surface area contributed by atoms with Gasteiger partial charge in [0.15, 0.2) is 0 Å². The first-order valence-corrected chi connectivity index (χ1v) is 7.28. The molecule has 1 aromatic carbocycles. The fourth-order valence-corrected chi connectivity index (χ4v) is 3.20. The molecule has 2 nitrogen and oxygen atoms in total. The number of para-hydroxylation sites is 1. The van der Waals surface area contributed by atoms with Crippen molar-refractivity contribution >= 4 is 10.9 Å². The number of benzene rings is 1. The topological polar surface area (TPSA) is 38.9 Å². The van der Waals surface area contributed by atoms with E-state index in [9.17, 15) is 0 Å². The molecular formula is C17H22N2. The lowest BCUT2D eigenvalue weighted by atomic mass is 9.74. The molecule has 3 rings (SSSR count). The van der Waals surface area contributed by atoms with Crippen LogP contribution in [0.1, 0.15) is 38.2 Å². The minimum absolute atomic E-state index is 0.0172. The summed E-state index contributed by atoms with van der Waals surface area (Å²) in [6.45, 7) is 2.33. The molecule has 1 aliphatic rings. The minimum atomic E-state index is -0.0172. The zero-order valence-corrected chi connectivity index (χ0v) is 11.6. The second kappa shape index (κ2) is 4.93. The first kappa shape index (κ1) is 12.6. The second-order valence-electron chi connectivity index (χ2n) is 6.21. The number of nitrogens with zero attached hydrogens (tertiary/aromatic N) is 1. The minimum Gasteiger partial charge on any atom is -0.325 e. The zero-order valence-electron chi connectivity index (χ0n) is 11.6. The molecule has 1 aliphatic carbocycles. The molecule has 0 saturated heterocycles. The van der Waals surface area contributed by atoms with Gasteiger partial charge in [-0.3, -0.25) is 4.98 Å². The van der Waals surface area contributed by atoms with Crippen LogP contribution in [0.2, 0.25) is 0 Å². The van der Waals surface area contributed by atoms with Gasteiger partial charge in [-0.2, -0.15) is 0 Å². The molecule has 100 valence electrons. The Morgan fingerprint density at radius 3 is 2.74 bits per heavy atom. The Kier molecular flexibility index (Phi) is 3.28. The Morgan fingerprint density at radius 1 is 1.21 bits per heavy atom. The average Bonchev–Trinajstić information content (AvgIpc) is 2.43. The van der Waals surface area contributed by atoms with Crippen molar-refractivity contribution < 1.29 is 0 Å². The Hall–Kier alpha value is -1.41. The molecule has 2 N–H and O–H groups in total. The maximum absolute atomic E-state index is 6.62. The summed E-state index contributed by atoms with van der Waals surface area (Å²) >= 11 is 0. The van der Waals surface area contributed by atoms with E-state index in [1.807, 2.05) is 12.3 Å². The highest BCUT2D eigenvalue weighted by Gasteiger charge is 2.30. The van der Waals surface area contributed by atoms with Gasteiger partial charge >= 0.3 is 0 Å². The molecule has 1 aromatic heterocycles. The van der Waals surface area contributed by atoms with Crippen molar-refractivity contribution in [3.05, 3.63) is 42.1 Å². The van der Waals surface area contributed by atoms with E-state index in [2.05, 4.69) is 36.2 Å². The van der Waals surface area contributed by atoms with Gasteiger partial charge in [0.2, 0.25) is 0 Å². The van der Waals surface area contributed by atoms with Crippen LogP contribution in [0.25, 0.3) is 10.9 Å². The third-order valence-electron chi connectivity index (χ3n) is 4.55. The second-order valence-corrected chi connectivity index (χ2v) is 6.21. The molecule has 0 spiro atoms. The van der Waals surface area contributed by atoms with Crippen molar-refractivity contribution in [2.75, 3.05) is 0 Å². The fraction of sp³-hybridized carbons (Fsp3) is 0.471. The van der Waals surface area contributed by atoms with E-state index in [-0.39, 0.29) is 5.54 Å². The van der Waals surface area contributed by atoms with Crippen LogP contribution in [0.4, 0.5) is 0 Å². The highest BCUT2D eigenvalue weighted by atomic mass is 14.7. The van der Waals surface area contributed by atoms with Gasteiger partial charge in [0.1, 0.15) is 0 Å². The zero-order chi connectivity index (χ0) is 13.3. The number of nitrogens with two attached hydrogens (primary N) is 1. The van der Waals surface area contributed by atoms with Gasteiger partial charge in [-0.05, 0) is 55.7 Å². The van der Waals surface area contributed by atoms with Crippen LogP contribution in [0.3, 0.4) is 0 Å². The van der Waals surface area contributed by atoms with E-state index in [1.54, 1.807) is 0 Å². The van der Waals surface area contributed by atoms with Crippen LogP contribution in [-0.4, -0.2) is 10.5 Å². The van der Waals surface area contributed by atoms with E-state index in [0.717, 1.165) is 30.7 Å². The molecule has 0 bridgehead atoms. The third kappa shape index (κ3) is 2.64. The van der Waals surface area contributed by atoms with E-state index in [4.69, 9.17) is 5.73 Å². The first-order valence-electron chi connectivity index (χ1n) is 7.28. The summed E-state index contributed by atoms with van der Waals surface area (Å²) in [4.78, 5) is 4.43. The van der Waals surface area contributed by atoms with Crippen LogP contribution in [0.15, 0.2) is 36.5 Å². The van der Waals surface area contributed by atoms with Gasteiger partial charge in [0.05, 0.1) is 5.52 Å². The quantitative estimate of drug-likeness (QED) is 0.887. The number of aromatic nitrogens is 1. The molecule has 0 atom stereocenters. The number of fused-ring (bicyclic) bond motifs is 1. The van der Waals surface area contributed by atoms with E-state index >= 15 is 0 Å². The van der Waals surface area contributed by atoms with Gasteiger partial charge in [-0.25, -0.2) is 0 Å². The fourth-order valence-electron chi connectivity index (χ4n) is 3.20. The monoisotopic (exact) mass is 254 g/mol. The Labute approximate surface area is 115 Å². The highest BCUT2D eigenvalue weighted by molar-refractivity contribution is 5.81. The molecule has 1 heterocycles. The lowest BCUT2D eigenvalue weighted by molar-refractivity contribution is 0.244. The predicted octanol–water partition coefficient (Wildman–Crippen LogP) is 3.68. The van der Waals surface area contributed by atoms with Gasteiger partial charge < -0.3 is 5.73 Å². The third-order valence-corrected chi connectivity index (χ3v) is 4.55. The molecule has 2 aromatic rings. The number of hydrogen-bond donors (Lipinski definition) is 1. The van der Waals surface area contributed by atoms with Crippen molar-refractivity contribution in [3.63, 3.8) is 0 Å². The summed E-state index contributed by atoms with van der Waals surface area (Å²) in [5.41, 5.74) is 9.03. The Balaban J connectivity index is 1.89. The van der Waals surface area contributed by atoms with Crippen molar-refractivity contribution in [1.82, 2.24) is 4.98 Å². The first-order chi connectivity index (χ1) is 9.16. The predicted molar refractivity (Wildman–Crippen MR) is 80.0 cm³/mol. The van der Waals surface area contributed by atoms with E-state index in [0.29, 0.717) is 0 Å². The molecule has 2 heteroatoms. The maximum atomic E-state index is 6.62. The lowest BCUT2D eigenvalue weighted by Crippen LogP contribution is -2.45. The van der Waals surface area contributed by atoms with Crippen LogP contribution >= 0.6 is 0 Å². The number of pyridine rings is 1. The summed E-state index contributed by atoms with van der Waals surface area (Å²) < 4.78 is 0. The van der Waals surface area contributed by atoms with Crippen molar-refractivity contribution in [3.8, 4) is 0 Å². The molecule has 19 heavy (non-hydrogen) atoms. The summed E-state index contributed by atoms with van der Waals surface area (Å²) in [6.07, 6.45) is 7.70. The largest absolute Gasteiger partial charge is 0.325 e. The average molecular weight is 254 g/mol. The molecule has 1 saturated carbocycles. The number of rotatable bonds is 2. The van der Waals surface area contributed by atoms with Crippen LogP contribution < -0.4 is 5.73 Å².